The summed E-state index contributed by atoms with van der Waals surface area (Å²) in [6.07, 6.45) is 0. The maximum atomic E-state index is 9.45. The Labute approximate surface area is 262 Å². The average molecular weight is 574 g/mol. The Bertz CT molecular complexity index is 2020. The van der Waals surface area contributed by atoms with Crippen LogP contribution in [0, 0.1) is 35.8 Å². The van der Waals surface area contributed by atoms with E-state index in [-0.39, 0.29) is 0 Å². The lowest BCUT2D eigenvalue weighted by Gasteiger charge is -2.26. The van der Waals surface area contributed by atoms with E-state index < -0.39 is 0 Å². The van der Waals surface area contributed by atoms with Gasteiger partial charge in [-0.25, -0.2) is 9.69 Å². The Hall–Kier alpha value is -6.92. The van der Waals surface area contributed by atoms with Crippen LogP contribution in [0.15, 0.2) is 140 Å². The van der Waals surface area contributed by atoms with Gasteiger partial charge >= 0.3 is 0 Å². The van der Waals surface area contributed by atoms with Crippen molar-refractivity contribution in [2.75, 3.05) is 4.90 Å². The summed E-state index contributed by atoms with van der Waals surface area (Å²) in [7, 11) is 0. The predicted molar refractivity (Wildman–Crippen MR) is 179 cm³/mol. The van der Waals surface area contributed by atoms with E-state index in [1.165, 1.54) is 0 Å². The third-order valence-electron chi connectivity index (χ3n) is 7.56. The number of hydrogen-bond donors (Lipinski definition) is 0. The van der Waals surface area contributed by atoms with Crippen molar-refractivity contribution in [3.63, 3.8) is 0 Å². The van der Waals surface area contributed by atoms with Gasteiger partial charge in [0.25, 0.3) is 0 Å². The fraction of sp³-hybridized carbons (Fsp3) is 0. The molecule has 5 heteroatoms. The van der Waals surface area contributed by atoms with Gasteiger partial charge in [-0.2, -0.15) is 10.5 Å². The second-order valence-electron chi connectivity index (χ2n) is 10.3. The average Bonchev–Trinajstić information content (AvgIpc) is 3.12. The van der Waals surface area contributed by atoms with Gasteiger partial charge < -0.3 is 4.90 Å². The molecule has 0 unspecified atom stereocenters. The van der Waals surface area contributed by atoms with E-state index in [1.54, 1.807) is 18.2 Å². The quantitative estimate of drug-likeness (QED) is 0.186. The zero-order valence-electron chi connectivity index (χ0n) is 24.0. The first-order chi connectivity index (χ1) is 22.1. The molecule has 6 aromatic rings. The molecule has 0 bridgehead atoms. The Morgan fingerprint density at radius 1 is 0.400 bits per heavy atom. The predicted octanol–water partition coefficient (Wildman–Crippen LogP) is 11.0. The third kappa shape index (κ3) is 6.02. The topological polar surface area (TPSA) is 59.5 Å². The monoisotopic (exact) mass is 573 g/mol. The SMILES string of the molecule is [C-]#[N+]c1ccc(-c2ccc(N(c3ccc(-c4ccc(C#N)cc4)cc3)c3ccc(-c4cc(C#N)cc([N+]#[C-])c4)cc3)cc2)cc1. The van der Waals surface area contributed by atoms with Crippen LogP contribution in [0.4, 0.5) is 28.4 Å². The van der Waals surface area contributed by atoms with Gasteiger partial charge in [-0.15, -0.1) is 0 Å². The number of anilines is 3. The van der Waals surface area contributed by atoms with Gasteiger partial charge in [0, 0.05) is 22.6 Å². The summed E-state index contributed by atoms with van der Waals surface area (Å²) in [6.45, 7) is 14.6. The van der Waals surface area contributed by atoms with Crippen molar-refractivity contribution in [1.29, 1.82) is 10.5 Å². The molecule has 208 valence electrons. The van der Waals surface area contributed by atoms with E-state index >= 15 is 0 Å². The highest BCUT2D eigenvalue weighted by Gasteiger charge is 2.14. The first-order valence-electron chi connectivity index (χ1n) is 14.1. The summed E-state index contributed by atoms with van der Waals surface area (Å²) in [4.78, 5) is 9.19. The molecule has 0 aromatic heterocycles. The molecular weight excluding hydrogens is 550 g/mol. The summed E-state index contributed by atoms with van der Waals surface area (Å²) in [5, 5.41) is 18.6. The van der Waals surface area contributed by atoms with Crippen LogP contribution in [-0.4, -0.2) is 0 Å². The van der Waals surface area contributed by atoms with Gasteiger partial charge in [-0.05, 0) is 100 Å². The minimum absolute atomic E-state index is 0.431. The van der Waals surface area contributed by atoms with Gasteiger partial charge in [0.05, 0.1) is 30.8 Å². The molecule has 0 aliphatic heterocycles. The standard InChI is InChI=1S/C40H23N5/c1-43-36-15-7-31(8-16-36)33-11-19-39(20-12-33)45(38-17-9-32(10-18-38)30-5-3-28(26-41)4-6-30)40-21-13-34(14-22-40)35-23-29(27-42)24-37(25-35)44-2/h3-25H. The van der Waals surface area contributed by atoms with Crippen molar-refractivity contribution < 1.29 is 0 Å². The van der Waals surface area contributed by atoms with Gasteiger partial charge in [0.2, 0.25) is 0 Å². The fourth-order valence-corrected chi connectivity index (χ4v) is 5.23. The highest BCUT2D eigenvalue weighted by molar-refractivity contribution is 5.81. The molecule has 5 nitrogen and oxygen atoms in total. The van der Waals surface area contributed by atoms with Crippen LogP contribution >= 0.6 is 0 Å². The van der Waals surface area contributed by atoms with Crippen LogP contribution in [0.3, 0.4) is 0 Å². The Balaban J connectivity index is 1.38. The molecule has 6 aromatic carbocycles. The van der Waals surface area contributed by atoms with Crippen molar-refractivity contribution >= 4 is 28.4 Å². The minimum Gasteiger partial charge on any atom is -0.311 e. The molecule has 0 spiro atoms. The second-order valence-corrected chi connectivity index (χ2v) is 10.3. The molecule has 0 N–H and O–H groups in total. The lowest BCUT2D eigenvalue weighted by atomic mass is 10.0. The van der Waals surface area contributed by atoms with Gasteiger partial charge in [0.15, 0.2) is 11.4 Å². The molecule has 0 amide bonds. The van der Waals surface area contributed by atoms with Gasteiger partial charge in [-0.1, -0.05) is 72.8 Å². The van der Waals surface area contributed by atoms with Crippen molar-refractivity contribution in [2.45, 2.75) is 0 Å². The Morgan fingerprint density at radius 3 is 1.18 bits per heavy atom. The van der Waals surface area contributed by atoms with Crippen LogP contribution in [0.1, 0.15) is 11.1 Å². The van der Waals surface area contributed by atoms with E-state index in [9.17, 15) is 5.26 Å². The van der Waals surface area contributed by atoms with Crippen LogP contribution < -0.4 is 4.90 Å². The highest BCUT2D eigenvalue weighted by atomic mass is 15.1. The number of benzene rings is 6. The normalized spacial score (nSPS) is 10.1. The number of rotatable bonds is 6. The van der Waals surface area contributed by atoms with Crippen molar-refractivity contribution in [2.24, 2.45) is 0 Å². The lowest BCUT2D eigenvalue weighted by Crippen LogP contribution is -2.09. The molecule has 0 heterocycles. The molecule has 0 saturated heterocycles. The molecule has 0 aliphatic rings. The minimum atomic E-state index is 0.431. The van der Waals surface area contributed by atoms with Crippen LogP contribution in [0.2, 0.25) is 0 Å². The first-order valence-corrected chi connectivity index (χ1v) is 14.1. The van der Waals surface area contributed by atoms with E-state index in [4.69, 9.17) is 18.4 Å². The van der Waals surface area contributed by atoms with Crippen molar-refractivity contribution in [3.05, 3.63) is 173 Å². The van der Waals surface area contributed by atoms with Gasteiger partial charge in [0.1, 0.15) is 0 Å². The van der Waals surface area contributed by atoms with Crippen molar-refractivity contribution in [1.82, 2.24) is 0 Å². The zero-order valence-corrected chi connectivity index (χ0v) is 24.0. The molecule has 0 fully saturated rings. The number of hydrogen-bond acceptors (Lipinski definition) is 3. The Kier molecular flexibility index (Phi) is 7.85. The number of nitrogens with zero attached hydrogens (tertiary/aromatic N) is 5. The molecule has 45 heavy (non-hydrogen) atoms. The van der Waals surface area contributed by atoms with E-state index in [1.807, 2.05) is 72.8 Å². The smallest absolute Gasteiger partial charge is 0.189 e. The molecule has 0 atom stereocenters. The van der Waals surface area contributed by atoms with E-state index in [0.717, 1.165) is 50.4 Å². The lowest BCUT2D eigenvalue weighted by molar-refractivity contribution is 1.28. The maximum Gasteiger partial charge on any atom is 0.189 e. The third-order valence-corrected chi connectivity index (χ3v) is 7.56. The maximum absolute atomic E-state index is 9.45. The summed E-state index contributed by atoms with van der Waals surface area (Å²) in [6, 6.07) is 49.3. The van der Waals surface area contributed by atoms with E-state index in [2.05, 4.69) is 75.3 Å². The summed E-state index contributed by atoms with van der Waals surface area (Å²) in [5.74, 6) is 0. The van der Waals surface area contributed by atoms with Crippen LogP contribution in [-0.2, 0) is 0 Å². The van der Waals surface area contributed by atoms with Crippen LogP contribution in [0.5, 0.6) is 0 Å². The van der Waals surface area contributed by atoms with Crippen LogP contribution in [0.25, 0.3) is 43.1 Å². The molecule has 0 aliphatic carbocycles. The first kappa shape index (κ1) is 28.2. The van der Waals surface area contributed by atoms with Crippen molar-refractivity contribution in [3.8, 4) is 45.5 Å². The molecule has 6 rings (SSSR count). The highest BCUT2D eigenvalue weighted by Crippen LogP contribution is 2.38. The Morgan fingerprint density at radius 2 is 0.778 bits per heavy atom. The summed E-state index contributed by atoms with van der Waals surface area (Å²) >= 11 is 0. The zero-order chi connectivity index (χ0) is 31.2. The van der Waals surface area contributed by atoms with Gasteiger partial charge in [-0.3, -0.25) is 0 Å². The molecule has 0 saturated carbocycles. The largest absolute Gasteiger partial charge is 0.311 e. The summed E-state index contributed by atoms with van der Waals surface area (Å²) < 4.78 is 0. The fourth-order valence-electron chi connectivity index (χ4n) is 5.23. The van der Waals surface area contributed by atoms with E-state index in [0.29, 0.717) is 22.5 Å². The second kappa shape index (κ2) is 12.5. The summed E-state index contributed by atoms with van der Waals surface area (Å²) in [5.41, 5.74) is 10.9. The number of nitriles is 2. The molecular formula is C40H23N5. The molecule has 0 radical (unpaired) electrons.